The second kappa shape index (κ2) is 8.84. The summed E-state index contributed by atoms with van der Waals surface area (Å²) in [6.45, 7) is 0. The number of carbonyl (C=O) groups excluding carboxylic acids is 1. The SMILES string of the molecule is COc1ccc(/C=C/C(=O)c2c(O)cc(OC)c(OC)c2OC)c(OC)c1. The van der Waals surface area contributed by atoms with E-state index < -0.39 is 5.78 Å². The van der Waals surface area contributed by atoms with E-state index in [0.29, 0.717) is 17.1 Å². The fourth-order valence-corrected chi connectivity index (χ4v) is 2.59. The minimum Gasteiger partial charge on any atom is -0.507 e. The van der Waals surface area contributed by atoms with Crippen molar-refractivity contribution in [3.63, 3.8) is 0 Å². The van der Waals surface area contributed by atoms with Crippen molar-refractivity contribution in [3.8, 4) is 34.5 Å². The van der Waals surface area contributed by atoms with E-state index in [1.54, 1.807) is 31.4 Å². The van der Waals surface area contributed by atoms with Gasteiger partial charge in [0.2, 0.25) is 5.75 Å². The Hall–Kier alpha value is -3.35. The molecule has 2 aromatic rings. The highest BCUT2D eigenvalue weighted by Gasteiger charge is 2.24. The summed E-state index contributed by atoms with van der Waals surface area (Å²) in [4.78, 5) is 12.7. The number of phenolic OH excluding ortho intramolecular Hbond substituents is 1. The lowest BCUT2D eigenvalue weighted by Crippen LogP contribution is -2.03. The van der Waals surface area contributed by atoms with E-state index in [4.69, 9.17) is 23.7 Å². The van der Waals surface area contributed by atoms with Gasteiger partial charge in [-0.3, -0.25) is 4.79 Å². The van der Waals surface area contributed by atoms with E-state index >= 15 is 0 Å². The largest absolute Gasteiger partial charge is 0.507 e. The van der Waals surface area contributed by atoms with Crippen molar-refractivity contribution in [2.24, 2.45) is 0 Å². The summed E-state index contributed by atoms with van der Waals surface area (Å²) in [5.41, 5.74) is 0.643. The first-order valence-electron chi connectivity index (χ1n) is 7.97. The minimum atomic E-state index is -0.469. The number of rotatable bonds is 8. The molecule has 0 heterocycles. The molecule has 0 radical (unpaired) electrons. The highest BCUT2D eigenvalue weighted by molar-refractivity contribution is 6.11. The molecule has 2 aromatic carbocycles. The molecule has 0 aliphatic rings. The number of benzene rings is 2. The fourth-order valence-electron chi connectivity index (χ4n) is 2.59. The molecule has 0 atom stereocenters. The Bertz CT molecular complexity index is 856. The predicted molar refractivity (Wildman–Crippen MR) is 101 cm³/mol. The van der Waals surface area contributed by atoms with Gasteiger partial charge < -0.3 is 28.8 Å². The van der Waals surface area contributed by atoms with Gasteiger partial charge in [0, 0.05) is 17.7 Å². The van der Waals surface area contributed by atoms with Crippen LogP contribution in [0.4, 0.5) is 0 Å². The molecule has 0 saturated heterocycles. The van der Waals surface area contributed by atoms with E-state index in [2.05, 4.69) is 0 Å². The summed E-state index contributed by atoms with van der Waals surface area (Å²) in [6, 6.07) is 6.52. The van der Waals surface area contributed by atoms with Gasteiger partial charge in [-0.25, -0.2) is 0 Å². The number of aromatic hydroxyl groups is 1. The summed E-state index contributed by atoms with van der Waals surface area (Å²) in [5, 5.41) is 10.3. The van der Waals surface area contributed by atoms with Gasteiger partial charge >= 0.3 is 0 Å². The summed E-state index contributed by atoms with van der Waals surface area (Å²) in [5.74, 6) is 0.993. The number of allylic oxidation sites excluding steroid dienone is 1. The quantitative estimate of drug-likeness (QED) is 0.560. The Morgan fingerprint density at radius 2 is 1.52 bits per heavy atom. The molecular formula is C20H22O7. The van der Waals surface area contributed by atoms with Crippen LogP contribution in [0.3, 0.4) is 0 Å². The Labute approximate surface area is 157 Å². The maximum absolute atomic E-state index is 12.7. The van der Waals surface area contributed by atoms with E-state index in [-0.39, 0.29) is 28.6 Å². The molecular weight excluding hydrogens is 352 g/mol. The maximum Gasteiger partial charge on any atom is 0.204 e. The molecule has 0 amide bonds. The van der Waals surface area contributed by atoms with Crippen molar-refractivity contribution in [3.05, 3.63) is 41.5 Å². The van der Waals surface area contributed by atoms with Gasteiger partial charge in [-0.15, -0.1) is 0 Å². The van der Waals surface area contributed by atoms with Gasteiger partial charge in [-0.2, -0.15) is 0 Å². The van der Waals surface area contributed by atoms with Crippen LogP contribution in [0.25, 0.3) is 6.08 Å². The first-order chi connectivity index (χ1) is 13.0. The second-order valence-corrected chi connectivity index (χ2v) is 5.34. The molecule has 0 fully saturated rings. The molecule has 0 bridgehead atoms. The Morgan fingerprint density at radius 1 is 0.852 bits per heavy atom. The summed E-state index contributed by atoms with van der Waals surface area (Å²) >= 11 is 0. The highest BCUT2D eigenvalue weighted by atomic mass is 16.5. The van der Waals surface area contributed by atoms with Crippen LogP contribution in [0.2, 0.25) is 0 Å². The van der Waals surface area contributed by atoms with Gasteiger partial charge in [0.05, 0.1) is 35.5 Å². The molecule has 0 saturated carbocycles. The first-order valence-corrected chi connectivity index (χ1v) is 7.97. The van der Waals surface area contributed by atoms with Crippen molar-refractivity contribution in [1.82, 2.24) is 0 Å². The molecule has 7 heteroatoms. The van der Waals surface area contributed by atoms with Crippen LogP contribution in [0.5, 0.6) is 34.5 Å². The van der Waals surface area contributed by atoms with Gasteiger partial charge in [-0.1, -0.05) is 0 Å². The van der Waals surface area contributed by atoms with E-state index in [1.807, 2.05) is 0 Å². The number of ketones is 1. The Kier molecular flexibility index (Phi) is 6.54. The number of phenols is 1. The molecule has 7 nitrogen and oxygen atoms in total. The van der Waals surface area contributed by atoms with Crippen LogP contribution in [0, 0.1) is 0 Å². The van der Waals surface area contributed by atoms with Crippen molar-refractivity contribution in [2.45, 2.75) is 0 Å². The lowest BCUT2D eigenvalue weighted by Gasteiger charge is -2.15. The van der Waals surface area contributed by atoms with Crippen LogP contribution < -0.4 is 23.7 Å². The third-order valence-electron chi connectivity index (χ3n) is 3.91. The monoisotopic (exact) mass is 374 g/mol. The minimum absolute atomic E-state index is 0.0288. The average molecular weight is 374 g/mol. The summed E-state index contributed by atoms with van der Waals surface area (Å²) in [7, 11) is 7.30. The van der Waals surface area contributed by atoms with Crippen molar-refractivity contribution in [1.29, 1.82) is 0 Å². The van der Waals surface area contributed by atoms with Gasteiger partial charge in [0.25, 0.3) is 0 Å². The molecule has 144 valence electrons. The molecule has 0 unspecified atom stereocenters. The molecule has 0 aromatic heterocycles. The van der Waals surface area contributed by atoms with Crippen LogP contribution in [0.1, 0.15) is 15.9 Å². The number of methoxy groups -OCH3 is 5. The zero-order valence-corrected chi connectivity index (χ0v) is 15.9. The lowest BCUT2D eigenvalue weighted by atomic mass is 10.0. The first kappa shape index (κ1) is 20.0. The van der Waals surface area contributed by atoms with Crippen molar-refractivity contribution >= 4 is 11.9 Å². The Balaban J connectivity index is 2.46. The molecule has 0 aliphatic carbocycles. The standard InChI is InChI=1S/C20H22O7/c1-23-13-8-6-12(16(10-13)24-2)7-9-14(21)18-15(22)11-17(25-3)19(26-4)20(18)27-5/h6-11,22H,1-5H3/b9-7+. The van der Waals surface area contributed by atoms with Crippen molar-refractivity contribution < 1.29 is 33.6 Å². The zero-order valence-electron chi connectivity index (χ0n) is 15.9. The van der Waals surface area contributed by atoms with Crippen LogP contribution >= 0.6 is 0 Å². The third kappa shape index (κ3) is 4.08. The molecule has 2 rings (SSSR count). The molecule has 1 N–H and O–H groups in total. The zero-order chi connectivity index (χ0) is 20.0. The van der Waals surface area contributed by atoms with Crippen LogP contribution in [-0.4, -0.2) is 46.4 Å². The molecule has 27 heavy (non-hydrogen) atoms. The third-order valence-corrected chi connectivity index (χ3v) is 3.91. The number of ether oxygens (including phenoxy) is 5. The normalized spacial score (nSPS) is 10.6. The highest BCUT2D eigenvalue weighted by Crippen LogP contribution is 2.45. The smallest absolute Gasteiger partial charge is 0.204 e. The fraction of sp³-hybridized carbons (Fsp3) is 0.250. The molecule has 0 aliphatic heterocycles. The average Bonchev–Trinajstić information content (AvgIpc) is 2.70. The lowest BCUT2D eigenvalue weighted by molar-refractivity contribution is 0.104. The van der Waals surface area contributed by atoms with Crippen molar-refractivity contribution in [2.75, 3.05) is 35.5 Å². The number of hydrogen-bond donors (Lipinski definition) is 1. The van der Waals surface area contributed by atoms with Gasteiger partial charge in [0.15, 0.2) is 17.3 Å². The van der Waals surface area contributed by atoms with Gasteiger partial charge in [0.1, 0.15) is 22.8 Å². The van der Waals surface area contributed by atoms with Crippen LogP contribution in [0.15, 0.2) is 30.3 Å². The maximum atomic E-state index is 12.7. The van der Waals surface area contributed by atoms with Gasteiger partial charge in [-0.05, 0) is 24.3 Å². The predicted octanol–water partition coefficient (Wildman–Crippen LogP) is 3.33. The molecule has 0 spiro atoms. The topological polar surface area (TPSA) is 83.5 Å². The second-order valence-electron chi connectivity index (χ2n) is 5.34. The van der Waals surface area contributed by atoms with E-state index in [9.17, 15) is 9.90 Å². The number of hydrogen-bond acceptors (Lipinski definition) is 7. The Morgan fingerprint density at radius 3 is 2.07 bits per heavy atom. The summed E-state index contributed by atoms with van der Waals surface area (Å²) < 4.78 is 26.2. The van der Waals surface area contributed by atoms with E-state index in [1.165, 1.54) is 40.6 Å². The summed E-state index contributed by atoms with van der Waals surface area (Å²) in [6.07, 6.45) is 2.89. The number of carbonyl (C=O) groups is 1. The van der Waals surface area contributed by atoms with Crippen LogP contribution in [-0.2, 0) is 0 Å². The van der Waals surface area contributed by atoms with E-state index in [0.717, 1.165) is 0 Å².